The van der Waals surface area contributed by atoms with Gasteiger partial charge in [-0.25, -0.2) is 0 Å². The van der Waals surface area contributed by atoms with Gasteiger partial charge in [0.15, 0.2) is 0 Å². The highest BCUT2D eigenvalue weighted by Gasteiger charge is 2.16. The molecule has 18 heavy (non-hydrogen) atoms. The van der Waals surface area contributed by atoms with Crippen molar-refractivity contribution in [1.82, 2.24) is 5.32 Å². The van der Waals surface area contributed by atoms with E-state index in [4.69, 9.17) is 5.73 Å². The number of rotatable bonds is 5. The monoisotopic (exact) mass is 252 g/mol. The van der Waals surface area contributed by atoms with E-state index in [1.54, 1.807) is 0 Å². The summed E-state index contributed by atoms with van der Waals surface area (Å²) in [6.07, 6.45) is 2.10. The van der Waals surface area contributed by atoms with Gasteiger partial charge in [-0.05, 0) is 25.0 Å². The Morgan fingerprint density at radius 2 is 2.00 bits per heavy atom. The lowest BCUT2D eigenvalue weighted by atomic mass is 9.98. The predicted octanol–water partition coefficient (Wildman–Crippen LogP) is 3.56. The summed E-state index contributed by atoms with van der Waals surface area (Å²) in [5.41, 5.74) is 7.41. The number of unbranched alkanes of at least 4 members (excludes halogenated alkanes) is 1. The lowest BCUT2D eigenvalue weighted by molar-refractivity contribution is -0.122. The maximum Gasteiger partial charge on any atom is 0.227 e. The summed E-state index contributed by atoms with van der Waals surface area (Å²) in [4.78, 5) is 11.8. The molecule has 0 fully saturated rings. The van der Waals surface area contributed by atoms with Gasteiger partial charge in [-0.15, -0.1) is 0 Å². The van der Waals surface area contributed by atoms with Crippen LogP contribution in [-0.4, -0.2) is 12.5 Å². The number of nitrogens with one attached hydrogen (secondary N) is 1. The Labute approximate surface area is 112 Å². The number of hydrogen-bond donors (Lipinski definition) is 2. The lowest BCUT2D eigenvalue weighted by Gasteiger charge is -2.14. The molecule has 0 heterocycles. The summed E-state index contributed by atoms with van der Waals surface area (Å²) in [6.45, 7) is 8.73. The van der Waals surface area contributed by atoms with E-state index in [2.05, 4.69) is 12.2 Å². The zero-order chi connectivity index (χ0) is 14.0. The van der Waals surface area contributed by atoms with Crippen molar-refractivity contribution >= 4 is 11.6 Å². The zero-order valence-corrected chi connectivity index (χ0v) is 12.0. The predicted molar refractivity (Wildman–Crippen MR) is 80.6 cm³/mol. The van der Waals surface area contributed by atoms with Crippen molar-refractivity contribution in [3.63, 3.8) is 0 Å². The summed E-state index contributed by atoms with van der Waals surface area (Å²) < 4.78 is 0. The molecule has 104 valence electrons. The molecular formula is C15H28N2O. The molecule has 1 amide bonds. The smallest absolute Gasteiger partial charge is 0.227 e. The van der Waals surface area contributed by atoms with E-state index in [1.165, 1.54) is 0 Å². The van der Waals surface area contributed by atoms with Crippen LogP contribution in [0.5, 0.6) is 0 Å². The van der Waals surface area contributed by atoms with Crippen molar-refractivity contribution in [2.24, 2.45) is 0 Å². The van der Waals surface area contributed by atoms with Gasteiger partial charge in [0.2, 0.25) is 5.91 Å². The van der Waals surface area contributed by atoms with Crippen LogP contribution < -0.4 is 11.1 Å². The van der Waals surface area contributed by atoms with Crippen LogP contribution in [0.1, 0.15) is 53.4 Å². The SMILES string of the molecule is CC.CCCCNC(=O)C(C)c1ccccc1N.[HH]. The average molecular weight is 252 g/mol. The fraction of sp³-hybridized carbons (Fsp3) is 0.533. The summed E-state index contributed by atoms with van der Waals surface area (Å²) in [5.74, 6) is -0.135. The van der Waals surface area contributed by atoms with Crippen LogP contribution in [0, 0.1) is 0 Å². The molecule has 0 aliphatic heterocycles. The average Bonchev–Trinajstić information content (AvgIpc) is 2.41. The summed E-state index contributed by atoms with van der Waals surface area (Å²) >= 11 is 0. The summed E-state index contributed by atoms with van der Waals surface area (Å²) in [7, 11) is 0. The third-order valence-corrected chi connectivity index (χ3v) is 2.69. The Bertz CT molecular complexity index is 356. The number of carbonyl (C=O) groups excluding carboxylic acids is 1. The quantitative estimate of drug-likeness (QED) is 0.622. The highest BCUT2D eigenvalue weighted by Crippen LogP contribution is 2.21. The zero-order valence-electron chi connectivity index (χ0n) is 12.0. The first-order valence-electron chi connectivity index (χ1n) is 6.79. The van der Waals surface area contributed by atoms with Crippen LogP contribution in [0.4, 0.5) is 5.69 Å². The fourth-order valence-corrected chi connectivity index (χ4v) is 1.59. The Hall–Kier alpha value is -1.51. The van der Waals surface area contributed by atoms with Crippen molar-refractivity contribution in [3.05, 3.63) is 29.8 Å². The first-order valence-corrected chi connectivity index (χ1v) is 6.79. The standard InChI is InChI=1S/C13H20N2O.C2H6.H2/c1-3-4-9-15-13(16)10(2)11-7-5-6-8-12(11)14;1-2;/h5-8,10H,3-4,9,14H2,1-2H3,(H,15,16);1-2H3;1H. The first kappa shape index (κ1) is 16.5. The van der Waals surface area contributed by atoms with Crippen LogP contribution >= 0.6 is 0 Å². The number of carbonyl (C=O) groups is 1. The third-order valence-electron chi connectivity index (χ3n) is 2.69. The molecule has 1 atom stereocenters. The molecule has 3 N–H and O–H groups in total. The molecule has 3 heteroatoms. The number of para-hydroxylation sites is 1. The van der Waals surface area contributed by atoms with E-state index in [1.807, 2.05) is 45.0 Å². The van der Waals surface area contributed by atoms with Crippen LogP contribution in [-0.2, 0) is 4.79 Å². The molecule has 0 aliphatic rings. The van der Waals surface area contributed by atoms with Crippen molar-refractivity contribution < 1.29 is 6.22 Å². The van der Waals surface area contributed by atoms with Crippen molar-refractivity contribution in [2.45, 2.75) is 46.5 Å². The molecule has 1 unspecified atom stereocenters. The summed E-state index contributed by atoms with van der Waals surface area (Å²) in [6, 6.07) is 7.51. The minimum atomic E-state index is -0.182. The maximum absolute atomic E-state index is 11.8. The van der Waals surface area contributed by atoms with Gasteiger partial charge in [0.1, 0.15) is 0 Å². The van der Waals surface area contributed by atoms with Gasteiger partial charge < -0.3 is 11.1 Å². The molecule has 0 spiro atoms. The number of nitrogen functional groups attached to an aromatic ring is 1. The fourth-order valence-electron chi connectivity index (χ4n) is 1.59. The third kappa shape index (κ3) is 5.21. The van der Waals surface area contributed by atoms with Crippen LogP contribution in [0.15, 0.2) is 24.3 Å². The van der Waals surface area contributed by atoms with Gasteiger partial charge in [-0.1, -0.05) is 45.4 Å². The van der Waals surface area contributed by atoms with Gasteiger partial charge in [-0.2, -0.15) is 0 Å². The van der Waals surface area contributed by atoms with Gasteiger partial charge in [-0.3, -0.25) is 4.79 Å². The van der Waals surface area contributed by atoms with E-state index < -0.39 is 0 Å². The van der Waals surface area contributed by atoms with Crippen LogP contribution in [0.2, 0.25) is 0 Å². The Morgan fingerprint density at radius 3 is 2.56 bits per heavy atom. The number of hydrogen-bond acceptors (Lipinski definition) is 2. The minimum Gasteiger partial charge on any atom is -0.398 e. The molecule has 0 aromatic heterocycles. The molecule has 1 rings (SSSR count). The van der Waals surface area contributed by atoms with Crippen LogP contribution in [0.3, 0.4) is 0 Å². The van der Waals surface area contributed by atoms with E-state index >= 15 is 0 Å². The molecular weight excluding hydrogens is 224 g/mol. The Kier molecular flexibility index (Phi) is 8.71. The van der Waals surface area contributed by atoms with Crippen molar-refractivity contribution in [2.75, 3.05) is 12.3 Å². The highest BCUT2D eigenvalue weighted by molar-refractivity contribution is 5.84. The molecule has 0 radical (unpaired) electrons. The molecule has 0 saturated heterocycles. The molecule has 1 aromatic rings. The maximum atomic E-state index is 11.8. The van der Waals surface area contributed by atoms with Gasteiger partial charge >= 0.3 is 0 Å². The van der Waals surface area contributed by atoms with Gasteiger partial charge in [0, 0.05) is 13.7 Å². The number of nitrogens with two attached hydrogens (primary N) is 1. The summed E-state index contributed by atoms with van der Waals surface area (Å²) in [5, 5.41) is 2.91. The molecule has 0 saturated carbocycles. The van der Waals surface area contributed by atoms with Gasteiger partial charge in [0.25, 0.3) is 0 Å². The van der Waals surface area contributed by atoms with Crippen LogP contribution in [0.25, 0.3) is 0 Å². The second-order valence-corrected chi connectivity index (χ2v) is 4.00. The first-order chi connectivity index (χ1) is 8.66. The van der Waals surface area contributed by atoms with E-state index in [-0.39, 0.29) is 13.3 Å². The van der Waals surface area contributed by atoms with Gasteiger partial charge in [0.05, 0.1) is 5.92 Å². The minimum absolute atomic E-state index is 0. The van der Waals surface area contributed by atoms with E-state index in [9.17, 15) is 4.79 Å². The second-order valence-electron chi connectivity index (χ2n) is 4.00. The van der Waals surface area contributed by atoms with Crippen molar-refractivity contribution in [1.29, 1.82) is 0 Å². The Balaban J connectivity index is 0. The lowest BCUT2D eigenvalue weighted by Crippen LogP contribution is -2.29. The molecule has 0 aliphatic carbocycles. The van der Waals surface area contributed by atoms with Crippen molar-refractivity contribution in [3.8, 4) is 0 Å². The highest BCUT2D eigenvalue weighted by atomic mass is 16.1. The normalized spacial score (nSPS) is 11.1. The number of amides is 1. The number of benzene rings is 1. The number of anilines is 1. The van der Waals surface area contributed by atoms with E-state index in [0.717, 1.165) is 24.9 Å². The van der Waals surface area contributed by atoms with E-state index in [0.29, 0.717) is 5.69 Å². The molecule has 3 nitrogen and oxygen atoms in total. The second kappa shape index (κ2) is 9.51. The molecule has 0 bridgehead atoms. The molecule has 1 aromatic carbocycles. The largest absolute Gasteiger partial charge is 0.398 e. The topological polar surface area (TPSA) is 55.1 Å². The Morgan fingerprint density at radius 1 is 1.39 bits per heavy atom.